The van der Waals surface area contributed by atoms with Crippen LogP contribution in [0.2, 0.25) is 0 Å². The second-order valence-electron chi connectivity index (χ2n) is 5.05. The van der Waals surface area contributed by atoms with E-state index in [-0.39, 0.29) is 5.97 Å². The fraction of sp³-hybridized carbons (Fsp3) is 0.167. The second-order valence-corrected chi connectivity index (χ2v) is 5.05. The number of carbonyl (C=O) groups is 1. The fourth-order valence-electron chi connectivity index (χ4n) is 2.74. The molecule has 0 saturated heterocycles. The Morgan fingerprint density at radius 3 is 1.85 bits per heavy atom. The number of carbonyl (C=O) groups excluding carboxylic acids is 1. The Labute approximate surface area is 118 Å². The Kier molecular flexibility index (Phi) is 3.15. The predicted molar refractivity (Wildman–Crippen MR) is 78.1 cm³/mol. The summed E-state index contributed by atoms with van der Waals surface area (Å²) in [6, 6.07) is 19.7. The average molecular weight is 264 g/mol. The van der Waals surface area contributed by atoms with E-state index in [0.717, 1.165) is 11.1 Å². The Morgan fingerprint density at radius 2 is 1.40 bits per heavy atom. The lowest BCUT2D eigenvalue weighted by molar-refractivity contribution is -0.145. The first-order valence-corrected chi connectivity index (χ1v) is 6.73. The molecule has 20 heavy (non-hydrogen) atoms. The van der Waals surface area contributed by atoms with E-state index in [1.807, 2.05) is 73.7 Å². The smallest absolute Gasteiger partial charge is 0.326 e. The molecule has 2 aromatic rings. The number of benzene rings is 2. The van der Waals surface area contributed by atoms with Crippen molar-refractivity contribution in [3.63, 3.8) is 0 Å². The highest BCUT2D eigenvalue weighted by Crippen LogP contribution is 2.40. The molecule has 0 unspecified atom stereocenters. The zero-order chi connectivity index (χ0) is 14.0. The molecule has 3 rings (SSSR count). The Balaban J connectivity index is 2.22. The zero-order valence-electron chi connectivity index (χ0n) is 11.4. The summed E-state index contributed by atoms with van der Waals surface area (Å²) in [5.41, 5.74) is 1.21. The molecule has 1 heterocycles. The van der Waals surface area contributed by atoms with Crippen LogP contribution in [0.25, 0.3) is 0 Å². The molecule has 1 aliphatic rings. The van der Waals surface area contributed by atoms with Crippen LogP contribution in [-0.2, 0) is 14.9 Å². The van der Waals surface area contributed by atoms with Gasteiger partial charge in [-0.05, 0) is 30.5 Å². The number of rotatable bonds is 2. The molecule has 2 heteroatoms. The van der Waals surface area contributed by atoms with Gasteiger partial charge in [0, 0.05) is 0 Å². The SMILES string of the molecule is CC1=CCC(c2ccccc2)(c2ccccc2)C(=O)O1. The molecule has 0 spiro atoms. The summed E-state index contributed by atoms with van der Waals surface area (Å²) in [6.45, 7) is 1.82. The van der Waals surface area contributed by atoms with Crippen LogP contribution in [-0.4, -0.2) is 5.97 Å². The number of allylic oxidation sites excluding steroid dienone is 2. The standard InChI is InChI=1S/C18H16O2/c1-14-12-13-18(17(19)20-14,15-8-4-2-5-9-15)16-10-6-3-7-11-16/h2-12H,13H2,1H3. The van der Waals surface area contributed by atoms with E-state index in [0.29, 0.717) is 12.2 Å². The normalized spacial score (nSPS) is 17.2. The maximum atomic E-state index is 12.7. The van der Waals surface area contributed by atoms with Crippen molar-refractivity contribution in [3.05, 3.63) is 83.6 Å². The van der Waals surface area contributed by atoms with Gasteiger partial charge in [-0.3, -0.25) is 4.79 Å². The second kappa shape index (κ2) is 4.97. The van der Waals surface area contributed by atoms with Gasteiger partial charge in [-0.1, -0.05) is 60.7 Å². The van der Waals surface area contributed by atoms with E-state index in [9.17, 15) is 4.79 Å². The monoisotopic (exact) mass is 264 g/mol. The van der Waals surface area contributed by atoms with Crippen molar-refractivity contribution in [2.24, 2.45) is 0 Å². The third-order valence-electron chi connectivity index (χ3n) is 3.83. The van der Waals surface area contributed by atoms with Crippen molar-refractivity contribution >= 4 is 5.97 Å². The molecule has 0 atom stereocenters. The molecule has 2 nitrogen and oxygen atoms in total. The van der Waals surface area contributed by atoms with Gasteiger partial charge in [0.05, 0.1) is 0 Å². The first-order valence-electron chi connectivity index (χ1n) is 6.73. The van der Waals surface area contributed by atoms with Crippen molar-refractivity contribution in [3.8, 4) is 0 Å². The molecule has 0 amide bonds. The Hall–Kier alpha value is -2.35. The third kappa shape index (κ3) is 1.94. The molecule has 100 valence electrons. The molecule has 0 aromatic heterocycles. The van der Waals surface area contributed by atoms with E-state index >= 15 is 0 Å². The fourth-order valence-corrected chi connectivity index (χ4v) is 2.74. The minimum absolute atomic E-state index is 0.199. The first kappa shape index (κ1) is 12.7. The Bertz CT molecular complexity index is 602. The lowest BCUT2D eigenvalue weighted by Crippen LogP contribution is -2.40. The summed E-state index contributed by atoms with van der Waals surface area (Å²) >= 11 is 0. The van der Waals surface area contributed by atoms with Gasteiger partial charge in [0.25, 0.3) is 0 Å². The van der Waals surface area contributed by atoms with Gasteiger partial charge in [-0.15, -0.1) is 0 Å². The van der Waals surface area contributed by atoms with Gasteiger partial charge in [-0.2, -0.15) is 0 Å². The van der Waals surface area contributed by atoms with Crippen LogP contribution in [0.1, 0.15) is 24.5 Å². The highest BCUT2D eigenvalue weighted by molar-refractivity contribution is 5.89. The van der Waals surface area contributed by atoms with Crippen molar-refractivity contribution in [2.75, 3.05) is 0 Å². The van der Waals surface area contributed by atoms with Crippen LogP contribution in [0, 0.1) is 0 Å². The van der Waals surface area contributed by atoms with Crippen LogP contribution < -0.4 is 0 Å². The summed E-state index contributed by atoms with van der Waals surface area (Å²) in [6.07, 6.45) is 2.62. The minimum Gasteiger partial charge on any atom is -0.431 e. The quantitative estimate of drug-likeness (QED) is 0.771. The van der Waals surface area contributed by atoms with Crippen LogP contribution >= 0.6 is 0 Å². The highest BCUT2D eigenvalue weighted by Gasteiger charge is 2.44. The maximum Gasteiger partial charge on any atom is 0.326 e. The van der Waals surface area contributed by atoms with Gasteiger partial charge in [-0.25, -0.2) is 0 Å². The van der Waals surface area contributed by atoms with Gasteiger partial charge in [0.1, 0.15) is 11.2 Å². The number of esters is 1. The third-order valence-corrected chi connectivity index (χ3v) is 3.83. The lowest BCUT2D eigenvalue weighted by atomic mass is 9.71. The van der Waals surface area contributed by atoms with E-state index in [4.69, 9.17) is 4.74 Å². The molecule has 0 aliphatic carbocycles. The van der Waals surface area contributed by atoms with Crippen LogP contribution in [0.5, 0.6) is 0 Å². The summed E-state index contributed by atoms with van der Waals surface area (Å²) in [4.78, 5) is 12.7. The highest BCUT2D eigenvalue weighted by atomic mass is 16.5. The summed E-state index contributed by atoms with van der Waals surface area (Å²) < 4.78 is 5.43. The minimum atomic E-state index is -0.734. The van der Waals surface area contributed by atoms with Gasteiger partial charge >= 0.3 is 5.97 Å². The van der Waals surface area contributed by atoms with Gasteiger partial charge in [0.15, 0.2) is 0 Å². The maximum absolute atomic E-state index is 12.7. The van der Waals surface area contributed by atoms with Crippen molar-refractivity contribution in [1.29, 1.82) is 0 Å². The molecule has 0 radical (unpaired) electrons. The summed E-state index contributed by atoms with van der Waals surface area (Å²) in [5.74, 6) is 0.479. The van der Waals surface area contributed by atoms with Gasteiger partial charge < -0.3 is 4.74 Å². The Morgan fingerprint density at radius 1 is 0.900 bits per heavy atom. The van der Waals surface area contributed by atoms with E-state index in [1.54, 1.807) is 0 Å². The molecule has 0 saturated carbocycles. The lowest BCUT2D eigenvalue weighted by Gasteiger charge is -2.34. The van der Waals surface area contributed by atoms with E-state index < -0.39 is 5.41 Å². The topological polar surface area (TPSA) is 26.3 Å². The average Bonchev–Trinajstić information content (AvgIpc) is 2.50. The van der Waals surface area contributed by atoms with Crippen LogP contribution in [0.4, 0.5) is 0 Å². The zero-order valence-corrected chi connectivity index (χ0v) is 11.4. The van der Waals surface area contributed by atoms with Crippen molar-refractivity contribution < 1.29 is 9.53 Å². The molecule has 1 aliphatic heterocycles. The molecule has 0 bridgehead atoms. The predicted octanol–water partition coefficient (Wildman–Crippen LogP) is 3.82. The van der Waals surface area contributed by atoms with E-state index in [1.165, 1.54) is 0 Å². The number of cyclic esters (lactones) is 1. The molecule has 0 fully saturated rings. The largest absolute Gasteiger partial charge is 0.431 e. The number of hydrogen-bond acceptors (Lipinski definition) is 2. The molecule has 2 aromatic carbocycles. The molecular formula is C18H16O2. The summed E-state index contributed by atoms with van der Waals surface area (Å²) in [7, 11) is 0. The van der Waals surface area contributed by atoms with Crippen LogP contribution in [0.3, 0.4) is 0 Å². The van der Waals surface area contributed by atoms with E-state index in [2.05, 4.69) is 0 Å². The van der Waals surface area contributed by atoms with Gasteiger partial charge in [0.2, 0.25) is 0 Å². The molecular weight excluding hydrogens is 248 g/mol. The first-order chi connectivity index (χ1) is 9.73. The number of hydrogen-bond donors (Lipinski definition) is 0. The van der Waals surface area contributed by atoms with Crippen molar-refractivity contribution in [1.82, 2.24) is 0 Å². The molecule has 0 N–H and O–H groups in total. The van der Waals surface area contributed by atoms with Crippen molar-refractivity contribution in [2.45, 2.75) is 18.8 Å². The number of ether oxygens (including phenoxy) is 1. The summed E-state index contributed by atoms with van der Waals surface area (Å²) in [5, 5.41) is 0. The van der Waals surface area contributed by atoms with Crippen LogP contribution in [0.15, 0.2) is 72.5 Å².